The number of nitrogens with one attached hydrogen (secondary N) is 1. The minimum atomic E-state index is -0.00903. The second-order valence-electron chi connectivity index (χ2n) is 3.83. The van der Waals surface area contributed by atoms with Crippen LogP contribution in [0.1, 0.15) is 30.9 Å². The Bertz CT molecular complexity index is 451. The molecular weight excluding hydrogens is 214 g/mol. The Hall–Kier alpha value is -1.75. The topological polar surface area (TPSA) is 55.6 Å². The Morgan fingerprint density at radius 1 is 1.29 bits per heavy atom. The largest absolute Gasteiger partial charge is 0.333 e. The molecule has 1 unspecified atom stereocenters. The fraction of sp³-hybridized carbons (Fsp3) is 0.417. The van der Waals surface area contributed by atoms with Crippen LogP contribution in [0.15, 0.2) is 31.0 Å². The minimum Gasteiger partial charge on any atom is -0.333 e. The van der Waals surface area contributed by atoms with Crippen LogP contribution in [-0.2, 0) is 6.54 Å². The SMILES string of the molecule is CCCn1ccnc1C(NC)c1cnccn1. The van der Waals surface area contributed by atoms with Crippen LogP contribution in [0.5, 0.6) is 0 Å². The number of rotatable bonds is 5. The highest BCUT2D eigenvalue weighted by atomic mass is 15.1. The molecule has 0 aromatic carbocycles. The molecule has 0 amide bonds. The maximum atomic E-state index is 4.42. The molecule has 0 saturated heterocycles. The Labute approximate surface area is 101 Å². The fourth-order valence-corrected chi connectivity index (χ4v) is 1.88. The van der Waals surface area contributed by atoms with Gasteiger partial charge in [0.2, 0.25) is 0 Å². The highest BCUT2D eigenvalue weighted by Gasteiger charge is 2.18. The monoisotopic (exact) mass is 231 g/mol. The number of nitrogens with zero attached hydrogens (tertiary/aromatic N) is 4. The standard InChI is InChI=1S/C12H17N5/c1-3-7-17-8-6-16-12(17)11(13-2)10-9-14-4-5-15-10/h4-6,8-9,11,13H,3,7H2,1-2H3. The van der Waals surface area contributed by atoms with Gasteiger partial charge in [-0.1, -0.05) is 6.92 Å². The van der Waals surface area contributed by atoms with E-state index in [4.69, 9.17) is 0 Å². The predicted octanol–water partition coefficient (Wildman–Crippen LogP) is 1.39. The highest BCUT2D eigenvalue weighted by Crippen LogP contribution is 2.17. The van der Waals surface area contributed by atoms with Gasteiger partial charge in [-0.25, -0.2) is 4.98 Å². The summed E-state index contributed by atoms with van der Waals surface area (Å²) in [5.41, 5.74) is 0.888. The van der Waals surface area contributed by atoms with E-state index in [2.05, 4.69) is 31.8 Å². The molecule has 0 aliphatic rings. The summed E-state index contributed by atoms with van der Waals surface area (Å²) in [6.45, 7) is 3.12. The van der Waals surface area contributed by atoms with Gasteiger partial charge in [-0.3, -0.25) is 9.97 Å². The Morgan fingerprint density at radius 3 is 2.82 bits per heavy atom. The van der Waals surface area contributed by atoms with Crippen LogP contribution in [0.4, 0.5) is 0 Å². The summed E-state index contributed by atoms with van der Waals surface area (Å²) in [6.07, 6.45) is 10.1. The van der Waals surface area contributed by atoms with Crippen molar-refractivity contribution in [3.8, 4) is 0 Å². The van der Waals surface area contributed by atoms with Gasteiger partial charge in [0.1, 0.15) is 11.9 Å². The molecule has 0 fully saturated rings. The van der Waals surface area contributed by atoms with Crippen LogP contribution in [0.2, 0.25) is 0 Å². The van der Waals surface area contributed by atoms with Crippen LogP contribution in [0.3, 0.4) is 0 Å². The van der Waals surface area contributed by atoms with E-state index < -0.39 is 0 Å². The highest BCUT2D eigenvalue weighted by molar-refractivity contribution is 5.15. The second kappa shape index (κ2) is 5.54. The van der Waals surface area contributed by atoms with Gasteiger partial charge in [0.05, 0.1) is 11.9 Å². The third-order valence-electron chi connectivity index (χ3n) is 2.64. The summed E-state index contributed by atoms with van der Waals surface area (Å²) >= 11 is 0. The maximum Gasteiger partial charge on any atom is 0.132 e. The summed E-state index contributed by atoms with van der Waals surface area (Å²) in [4.78, 5) is 12.8. The lowest BCUT2D eigenvalue weighted by Crippen LogP contribution is -2.23. The van der Waals surface area contributed by atoms with Gasteiger partial charge in [-0.15, -0.1) is 0 Å². The van der Waals surface area contributed by atoms with E-state index in [1.807, 2.05) is 19.4 Å². The van der Waals surface area contributed by atoms with Crippen molar-refractivity contribution < 1.29 is 0 Å². The molecule has 0 radical (unpaired) electrons. The Morgan fingerprint density at radius 2 is 2.18 bits per heavy atom. The molecule has 0 saturated carbocycles. The predicted molar refractivity (Wildman–Crippen MR) is 65.5 cm³/mol. The lowest BCUT2D eigenvalue weighted by molar-refractivity contribution is 0.558. The quantitative estimate of drug-likeness (QED) is 0.845. The minimum absolute atomic E-state index is 0.00903. The number of hydrogen-bond donors (Lipinski definition) is 1. The molecule has 0 aliphatic carbocycles. The van der Waals surface area contributed by atoms with E-state index in [1.54, 1.807) is 18.6 Å². The molecule has 5 nitrogen and oxygen atoms in total. The van der Waals surface area contributed by atoms with E-state index in [9.17, 15) is 0 Å². The van der Waals surface area contributed by atoms with E-state index in [0.717, 1.165) is 24.5 Å². The van der Waals surface area contributed by atoms with Gasteiger partial charge >= 0.3 is 0 Å². The van der Waals surface area contributed by atoms with Crippen LogP contribution < -0.4 is 5.32 Å². The molecule has 0 aliphatic heterocycles. The number of aromatic nitrogens is 4. The number of aryl methyl sites for hydroxylation is 1. The molecular formula is C12H17N5. The third-order valence-corrected chi connectivity index (χ3v) is 2.64. The zero-order valence-electron chi connectivity index (χ0n) is 10.2. The molecule has 1 N–H and O–H groups in total. The lowest BCUT2D eigenvalue weighted by Gasteiger charge is -2.16. The van der Waals surface area contributed by atoms with Crippen molar-refractivity contribution in [3.05, 3.63) is 42.5 Å². The zero-order chi connectivity index (χ0) is 12.1. The average Bonchev–Trinajstić information content (AvgIpc) is 2.81. The first-order valence-electron chi connectivity index (χ1n) is 5.81. The summed E-state index contributed by atoms with van der Waals surface area (Å²) in [5, 5.41) is 3.23. The van der Waals surface area contributed by atoms with Crippen molar-refractivity contribution in [1.29, 1.82) is 0 Å². The van der Waals surface area contributed by atoms with Gasteiger partial charge in [0.25, 0.3) is 0 Å². The van der Waals surface area contributed by atoms with E-state index >= 15 is 0 Å². The molecule has 17 heavy (non-hydrogen) atoms. The number of hydrogen-bond acceptors (Lipinski definition) is 4. The van der Waals surface area contributed by atoms with E-state index in [0.29, 0.717) is 0 Å². The van der Waals surface area contributed by atoms with Gasteiger partial charge < -0.3 is 9.88 Å². The van der Waals surface area contributed by atoms with E-state index in [-0.39, 0.29) is 6.04 Å². The van der Waals surface area contributed by atoms with Crippen molar-refractivity contribution >= 4 is 0 Å². The Balaban J connectivity index is 2.32. The molecule has 0 bridgehead atoms. The summed E-state index contributed by atoms with van der Waals surface area (Å²) in [5.74, 6) is 0.981. The number of imidazole rings is 1. The lowest BCUT2D eigenvalue weighted by atomic mass is 10.2. The van der Waals surface area contributed by atoms with Crippen molar-refractivity contribution in [2.24, 2.45) is 0 Å². The summed E-state index contributed by atoms with van der Waals surface area (Å²) in [6, 6.07) is -0.00903. The third kappa shape index (κ3) is 2.50. The molecule has 2 rings (SSSR count). The zero-order valence-corrected chi connectivity index (χ0v) is 10.2. The van der Waals surface area contributed by atoms with E-state index in [1.165, 1.54) is 0 Å². The van der Waals surface area contributed by atoms with Crippen LogP contribution in [0, 0.1) is 0 Å². The fourth-order valence-electron chi connectivity index (χ4n) is 1.88. The molecule has 1 atom stereocenters. The maximum absolute atomic E-state index is 4.42. The van der Waals surface area contributed by atoms with Crippen molar-refractivity contribution in [2.75, 3.05) is 7.05 Å². The Kier molecular flexibility index (Phi) is 3.82. The molecule has 5 heteroatoms. The van der Waals surface area contributed by atoms with Crippen molar-refractivity contribution in [1.82, 2.24) is 24.8 Å². The first kappa shape index (κ1) is 11.7. The molecule has 0 spiro atoms. The van der Waals surface area contributed by atoms with Crippen LogP contribution in [-0.4, -0.2) is 26.6 Å². The van der Waals surface area contributed by atoms with Crippen LogP contribution >= 0.6 is 0 Å². The normalized spacial score (nSPS) is 12.6. The molecule has 2 heterocycles. The van der Waals surface area contributed by atoms with Gasteiger partial charge in [-0.05, 0) is 13.5 Å². The second-order valence-corrected chi connectivity index (χ2v) is 3.83. The van der Waals surface area contributed by atoms with Crippen molar-refractivity contribution in [3.63, 3.8) is 0 Å². The average molecular weight is 231 g/mol. The summed E-state index contributed by atoms with van der Waals surface area (Å²) < 4.78 is 2.15. The van der Waals surface area contributed by atoms with Crippen molar-refractivity contribution in [2.45, 2.75) is 25.9 Å². The summed E-state index contributed by atoms with van der Waals surface area (Å²) in [7, 11) is 1.91. The molecule has 2 aromatic rings. The van der Waals surface area contributed by atoms with Gasteiger partial charge in [-0.2, -0.15) is 0 Å². The first-order valence-corrected chi connectivity index (χ1v) is 5.81. The molecule has 2 aromatic heterocycles. The smallest absolute Gasteiger partial charge is 0.132 e. The van der Waals surface area contributed by atoms with Gasteiger partial charge in [0, 0.05) is 31.3 Å². The van der Waals surface area contributed by atoms with Gasteiger partial charge in [0.15, 0.2) is 0 Å². The first-order chi connectivity index (χ1) is 8.36. The molecule has 90 valence electrons. The van der Waals surface area contributed by atoms with Crippen LogP contribution in [0.25, 0.3) is 0 Å².